The first-order valence-corrected chi connectivity index (χ1v) is 19.8. The second kappa shape index (κ2) is 13.5. The van der Waals surface area contributed by atoms with Crippen molar-refractivity contribution in [3.8, 4) is 11.1 Å². The summed E-state index contributed by atoms with van der Waals surface area (Å²) >= 11 is 0. The number of aryl methyl sites for hydroxylation is 1. The lowest BCUT2D eigenvalue weighted by Gasteiger charge is -2.37. The van der Waals surface area contributed by atoms with Gasteiger partial charge in [0.05, 0.1) is 12.3 Å². The van der Waals surface area contributed by atoms with Gasteiger partial charge in [0.1, 0.15) is 18.3 Å². The molecule has 0 radical (unpaired) electrons. The first-order valence-electron chi connectivity index (χ1n) is 16.9. The van der Waals surface area contributed by atoms with Crippen molar-refractivity contribution in [2.24, 2.45) is 0 Å². The molecule has 250 valence electrons. The summed E-state index contributed by atoms with van der Waals surface area (Å²) in [4.78, 5) is 28.3. The van der Waals surface area contributed by atoms with Gasteiger partial charge >= 0.3 is 6.09 Å². The third kappa shape index (κ3) is 7.80. The van der Waals surface area contributed by atoms with Crippen LogP contribution in [0.3, 0.4) is 0 Å². The molecule has 6 rings (SSSR count). The highest BCUT2D eigenvalue weighted by Gasteiger charge is 2.62. The number of rotatable bonds is 11. The molecular formula is C38H49N3O5Si. The molecule has 47 heavy (non-hydrogen) atoms. The number of hydrogen-bond donors (Lipinski definition) is 2. The summed E-state index contributed by atoms with van der Waals surface area (Å²) in [6.07, 6.45) is 3.41. The molecular weight excluding hydrogens is 607 g/mol. The van der Waals surface area contributed by atoms with Gasteiger partial charge in [-0.15, -0.1) is 0 Å². The van der Waals surface area contributed by atoms with Gasteiger partial charge in [-0.1, -0.05) is 75.4 Å². The predicted molar refractivity (Wildman–Crippen MR) is 189 cm³/mol. The third-order valence-corrected chi connectivity index (χ3v) is 15.0. The van der Waals surface area contributed by atoms with Crippen molar-refractivity contribution in [1.29, 1.82) is 0 Å². The van der Waals surface area contributed by atoms with Crippen molar-refractivity contribution in [1.82, 2.24) is 4.90 Å². The summed E-state index contributed by atoms with van der Waals surface area (Å²) in [6.45, 7) is 11.8. The van der Waals surface area contributed by atoms with Crippen LogP contribution in [0.15, 0.2) is 72.8 Å². The van der Waals surface area contributed by atoms with E-state index in [1.54, 1.807) is 0 Å². The number of carbonyl (C=O) groups is 2. The highest BCUT2D eigenvalue weighted by molar-refractivity contribution is 6.74. The number of carbonyl (C=O) groups excluding carboxylic acids is 2. The number of anilines is 2. The zero-order valence-corrected chi connectivity index (χ0v) is 29.5. The van der Waals surface area contributed by atoms with Crippen molar-refractivity contribution in [2.75, 3.05) is 17.7 Å². The van der Waals surface area contributed by atoms with Crippen molar-refractivity contribution < 1.29 is 23.5 Å². The fraction of sp³-hybridized carbons (Fsp3) is 0.474. The van der Waals surface area contributed by atoms with Crippen molar-refractivity contribution in [3.63, 3.8) is 0 Å². The maximum Gasteiger partial charge on any atom is 0.411 e. The highest BCUT2D eigenvalue weighted by Crippen LogP contribution is 2.48. The van der Waals surface area contributed by atoms with E-state index in [9.17, 15) is 9.59 Å². The topological polar surface area (TPSA) is 92.4 Å². The summed E-state index contributed by atoms with van der Waals surface area (Å²) in [5.41, 5.74) is 5.59. The Labute approximate surface area is 280 Å². The van der Waals surface area contributed by atoms with Gasteiger partial charge in [0.25, 0.3) is 0 Å². The Bertz CT molecular complexity index is 1550. The monoisotopic (exact) mass is 655 g/mol. The SMILES string of the molecule is CN1C2CC(OC(=O)Nc3cc(CCCC(=O)Nc4ccc(CO[Si](C)(C)C(C)(C)C)cc4)ccc3-c3ccccc3)CC1C1OC12. The van der Waals surface area contributed by atoms with Gasteiger partial charge in [-0.25, -0.2) is 4.79 Å². The number of benzene rings is 3. The van der Waals surface area contributed by atoms with Crippen LogP contribution in [0.2, 0.25) is 18.1 Å². The molecule has 8 nitrogen and oxygen atoms in total. The molecule has 3 saturated heterocycles. The molecule has 4 atom stereocenters. The van der Waals surface area contributed by atoms with Gasteiger partial charge in [-0.3, -0.25) is 15.0 Å². The fourth-order valence-electron chi connectivity index (χ4n) is 6.65. The molecule has 9 heteroatoms. The Hall–Kier alpha value is -3.50. The molecule has 0 saturated carbocycles. The number of likely N-dealkylation sites (N-methyl/N-ethyl adjacent to an activating group) is 1. The first-order chi connectivity index (χ1) is 22.4. The van der Waals surface area contributed by atoms with Crippen molar-refractivity contribution in [2.45, 2.75) is 108 Å². The van der Waals surface area contributed by atoms with Crippen LogP contribution in [-0.2, 0) is 31.7 Å². The number of nitrogens with one attached hydrogen (secondary N) is 2. The number of piperidine rings is 1. The van der Waals surface area contributed by atoms with E-state index >= 15 is 0 Å². The molecule has 3 fully saturated rings. The fourth-order valence-corrected chi connectivity index (χ4v) is 7.61. The minimum Gasteiger partial charge on any atom is -0.446 e. The van der Waals surface area contributed by atoms with Crippen LogP contribution in [0.5, 0.6) is 0 Å². The average molecular weight is 656 g/mol. The van der Waals surface area contributed by atoms with E-state index in [-0.39, 0.29) is 17.0 Å². The van der Waals surface area contributed by atoms with Crippen LogP contribution in [0, 0.1) is 0 Å². The van der Waals surface area contributed by atoms with E-state index in [0.717, 1.165) is 40.8 Å². The zero-order valence-electron chi connectivity index (χ0n) is 28.5. The Morgan fingerprint density at radius 2 is 1.57 bits per heavy atom. The van der Waals surface area contributed by atoms with E-state index in [4.69, 9.17) is 13.9 Å². The Morgan fingerprint density at radius 1 is 0.915 bits per heavy atom. The molecule has 0 spiro atoms. The van der Waals surface area contributed by atoms with Gasteiger partial charge in [0.15, 0.2) is 8.32 Å². The van der Waals surface area contributed by atoms with Crippen molar-refractivity contribution >= 4 is 31.7 Å². The number of epoxide rings is 1. The maximum atomic E-state index is 13.2. The number of ether oxygens (including phenoxy) is 2. The molecule has 2 amide bonds. The van der Waals surface area contributed by atoms with E-state index in [1.165, 1.54) is 0 Å². The summed E-state index contributed by atoms with van der Waals surface area (Å²) in [5, 5.41) is 6.24. The minimum atomic E-state index is -1.82. The molecule has 0 aliphatic carbocycles. The largest absolute Gasteiger partial charge is 0.446 e. The van der Waals surface area contributed by atoms with E-state index in [0.29, 0.717) is 55.8 Å². The molecule has 4 unspecified atom stereocenters. The molecule has 3 aromatic rings. The third-order valence-electron chi connectivity index (χ3n) is 10.6. The second-order valence-electron chi connectivity index (χ2n) is 14.9. The number of hydrogen-bond acceptors (Lipinski definition) is 6. The standard InChI is InChI=1S/C38H49N3O5Si/c1-38(2,3)47(5,6)44-24-26-15-18-28(19-16-26)39-34(42)14-10-11-25-17-20-30(27-12-8-7-9-13-27)31(21-25)40-37(43)45-29-22-32-35-36(46-35)33(23-29)41(32)4/h7-9,12-13,15-21,29,32-33,35-36H,10-11,14,22-24H2,1-6H3,(H,39,42)(H,40,43). The first kappa shape index (κ1) is 33.4. The molecule has 3 heterocycles. The van der Waals surface area contributed by atoms with Gasteiger partial charge < -0.3 is 19.2 Å². The molecule has 0 aromatic heterocycles. The summed E-state index contributed by atoms with van der Waals surface area (Å²) in [7, 11) is 0.326. The van der Waals surface area contributed by atoms with E-state index < -0.39 is 14.4 Å². The van der Waals surface area contributed by atoms with Crippen LogP contribution in [0.4, 0.5) is 16.2 Å². The number of nitrogens with zero attached hydrogens (tertiary/aromatic N) is 1. The minimum absolute atomic E-state index is 0.0202. The predicted octanol–water partition coefficient (Wildman–Crippen LogP) is 8.00. The van der Waals surface area contributed by atoms with Crippen LogP contribution in [0.25, 0.3) is 11.1 Å². The van der Waals surface area contributed by atoms with Gasteiger partial charge in [-0.2, -0.15) is 0 Å². The molecule has 3 aliphatic rings. The van der Waals surface area contributed by atoms with Gasteiger partial charge in [-0.05, 0) is 72.9 Å². The summed E-state index contributed by atoms with van der Waals surface area (Å²) in [5.74, 6) is -0.0202. The van der Waals surface area contributed by atoms with E-state index in [1.807, 2.05) is 66.7 Å². The number of amides is 2. The smallest absolute Gasteiger partial charge is 0.411 e. The summed E-state index contributed by atoms with van der Waals surface area (Å²) < 4.78 is 18.1. The van der Waals surface area contributed by atoms with Gasteiger partial charge in [0, 0.05) is 42.6 Å². The van der Waals surface area contributed by atoms with E-state index in [2.05, 4.69) is 62.5 Å². The maximum absolute atomic E-state index is 13.2. The lowest BCUT2D eigenvalue weighted by atomic mass is 9.99. The lowest BCUT2D eigenvalue weighted by molar-refractivity contribution is -0.116. The quantitative estimate of drug-likeness (QED) is 0.161. The van der Waals surface area contributed by atoms with Gasteiger partial charge in [0.2, 0.25) is 5.91 Å². The molecule has 2 bridgehead atoms. The average Bonchev–Trinajstić information content (AvgIpc) is 3.79. The zero-order chi connectivity index (χ0) is 33.3. The normalized spacial score (nSPS) is 23.6. The lowest BCUT2D eigenvalue weighted by Crippen LogP contribution is -2.48. The Balaban J connectivity index is 1.02. The molecule has 3 aromatic carbocycles. The van der Waals surface area contributed by atoms with Crippen LogP contribution >= 0.6 is 0 Å². The Kier molecular flexibility index (Phi) is 9.63. The highest BCUT2D eigenvalue weighted by atomic mass is 28.4. The second-order valence-corrected chi connectivity index (χ2v) is 19.7. The van der Waals surface area contributed by atoms with Crippen molar-refractivity contribution in [3.05, 3.63) is 83.9 Å². The number of morpholine rings is 1. The molecule has 3 aliphatic heterocycles. The van der Waals surface area contributed by atoms with Crippen LogP contribution < -0.4 is 10.6 Å². The molecule has 2 N–H and O–H groups in total. The Morgan fingerprint density at radius 3 is 2.23 bits per heavy atom. The van der Waals surface area contributed by atoms with Crippen LogP contribution in [-0.4, -0.2) is 62.7 Å². The number of fused-ring (bicyclic) bond motifs is 5. The summed E-state index contributed by atoms with van der Waals surface area (Å²) in [6, 6.07) is 24.7. The van der Waals surface area contributed by atoms with Crippen LogP contribution in [0.1, 0.15) is 57.6 Å².